The van der Waals surface area contributed by atoms with Gasteiger partial charge in [0.2, 0.25) is 5.91 Å². The fourth-order valence-corrected chi connectivity index (χ4v) is 2.86. The molecule has 0 aliphatic carbocycles. The predicted molar refractivity (Wildman–Crippen MR) is 99.4 cm³/mol. The summed E-state index contributed by atoms with van der Waals surface area (Å²) >= 11 is 0. The van der Waals surface area contributed by atoms with E-state index in [4.69, 9.17) is 4.74 Å². The summed E-state index contributed by atoms with van der Waals surface area (Å²) < 4.78 is 7.30. The third-order valence-corrected chi connectivity index (χ3v) is 4.18. The molecular formula is C19H23N5O2. The normalized spacial score (nSPS) is 10.9. The molecule has 0 saturated carbocycles. The summed E-state index contributed by atoms with van der Waals surface area (Å²) in [6.45, 7) is 6.62. The molecule has 2 heterocycles. The zero-order valence-corrected chi connectivity index (χ0v) is 15.3. The van der Waals surface area contributed by atoms with Crippen LogP contribution in [0.2, 0.25) is 0 Å². The van der Waals surface area contributed by atoms with Gasteiger partial charge in [0.25, 0.3) is 5.78 Å². The second kappa shape index (κ2) is 7.95. The molecule has 0 atom stereocenters. The van der Waals surface area contributed by atoms with Crippen LogP contribution in [0.3, 0.4) is 0 Å². The summed E-state index contributed by atoms with van der Waals surface area (Å²) in [5, 5.41) is 7.10. The van der Waals surface area contributed by atoms with Crippen LogP contribution >= 0.6 is 0 Å². The standard InChI is InChI=1S/C19H23N5O2/c1-4-10-26-16-7-5-6-15(11-16)23-18(25)9-8-17-13(2)22-19-20-12-21-24(19)14(17)3/h5-7,11-12H,4,8-10H2,1-3H3,(H,23,25). The second-order valence-electron chi connectivity index (χ2n) is 6.16. The molecule has 7 heteroatoms. The minimum Gasteiger partial charge on any atom is -0.494 e. The number of carbonyl (C=O) groups excluding carboxylic acids is 1. The largest absolute Gasteiger partial charge is 0.494 e. The molecule has 0 spiro atoms. The third-order valence-electron chi connectivity index (χ3n) is 4.18. The van der Waals surface area contributed by atoms with Gasteiger partial charge in [-0.1, -0.05) is 13.0 Å². The van der Waals surface area contributed by atoms with Gasteiger partial charge < -0.3 is 10.1 Å². The number of aryl methyl sites for hydroxylation is 2. The Morgan fingerprint density at radius 1 is 1.31 bits per heavy atom. The highest BCUT2D eigenvalue weighted by Crippen LogP contribution is 2.19. The first-order valence-electron chi connectivity index (χ1n) is 8.77. The number of amides is 1. The number of ether oxygens (including phenoxy) is 1. The van der Waals surface area contributed by atoms with E-state index >= 15 is 0 Å². The Bertz CT molecular complexity index is 919. The third kappa shape index (κ3) is 3.99. The van der Waals surface area contributed by atoms with E-state index in [0.29, 0.717) is 25.2 Å². The van der Waals surface area contributed by atoms with Gasteiger partial charge in [-0.2, -0.15) is 10.1 Å². The Kier molecular flexibility index (Phi) is 5.46. The number of benzene rings is 1. The van der Waals surface area contributed by atoms with Crippen LogP contribution in [0, 0.1) is 13.8 Å². The van der Waals surface area contributed by atoms with E-state index in [1.165, 1.54) is 6.33 Å². The Balaban J connectivity index is 1.64. The lowest BCUT2D eigenvalue weighted by atomic mass is 10.1. The first kappa shape index (κ1) is 17.8. The first-order valence-corrected chi connectivity index (χ1v) is 8.77. The maximum atomic E-state index is 12.3. The Hall–Kier alpha value is -2.96. The number of fused-ring (bicyclic) bond motifs is 1. The van der Waals surface area contributed by atoms with Gasteiger partial charge in [0.15, 0.2) is 0 Å². The molecule has 1 aromatic carbocycles. The summed E-state index contributed by atoms with van der Waals surface area (Å²) in [4.78, 5) is 20.9. The topological polar surface area (TPSA) is 81.4 Å². The summed E-state index contributed by atoms with van der Waals surface area (Å²) in [6, 6.07) is 7.46. The van der Waals surface area contributed by atoms with Crippen molar-refractivity contribution in [1.29, 1.82) is 0 Å². The van der Waals surface area contributed by atoms with Crippen LogP contribution in [0.25, 0.3) is 5.78 Å². The van der Waals surface area contributed by atoms with Crippen molar-refractivity contribution in [3.8, 4) is 5.75 Å². The van der Waals surface area contributed by atoms with Crippen molar-refractivity contribution < 1.29 is 9.53 Å². The Labute approximate surface area is 152 Å². The maximum Gasteiger partial charge on any atom is 0.252 e. The molecular weight excluding hydrogens is 330 g/mol. The number of nitrogens with one attached hydrogen (secondary N) is 1. The maximum absolute atomic E-state index is 12.3. The van der Waals surface area contributed by atoms with E-state index < -0.39 is 0 Å². The number of carbonyl (C=O) groups is 1. The van der Waals surface area contributed by atoms with Gasteiger partial charge >= 0.3 is 0 Å². The van der Waals surface area contributed by atoms with Gasteiger partial charge in [0.1, 0.15) is 12.1 Å². The zero-order valence-electron chi connectivity index (χ0n) is 15.3. The van der Waals surface area contributed by atoms with Gasteiger partial charge in [-0.25, -0.2) is 9.50 Å². The van der Waals surface area contributed by atoms with Crippen LogP contribution < -0.4 is 10.1 Å². The molecule has 1 N–H and O–H groups in total. The van der Waals surface area contributed by atoms with E-state index in [0.717, 1.165) is 34.8 Å². The van der Waals surface area contributed by atoms with E-state index in [-0.39, 0.29) is 5.91 Å². The van der Waals surface area contributed by atoms with Gasteiger partial charge in [0.05, 0.1) is 6.61 Å². The number of hydrogen-bond acceptors (Lipinski definition) is 5. The molecule has 3 rings (SSSR count). The highest BCUT2D eigenvalue weighted by molar-refractivity contribution is 5.91. The van der Waals surface area contributed by atoms with Gasteiger partial charge in [-0.05, 0) is 44.4 Å². The molecule has 0 unspecified atom stereocenters. The molecule has 1 amide bonds. The molecule has 0 aliphatic rings. The van der Waals surface area contributed by atoms with Crippen molar-refractivity contribution >= 4 is 17.4 Å². The minimum absolute atomic E-state index is 0.0462. The van der Waals surface area contributed by atoms with E-state index in [2.05, 4.69) is 27.3 Å². The molecule has 0 bridgehead atoms. The van der Waals surface area contributed by atoms with Gasteiger partial charge in [-0.15, -0.1) is 0 Å². The molecule has 3 aromatic rings. The van der Waals surface area contributed by atoms with Crippen LogP contribution in [0.15, 0.2) is 30.6 Å². The lowest BCUT2D eigenvalue weighted by Gasteiger charge is -2.11. The lowest BCUT2D eigenvalue weighted by molar-refractivity contribution is -0.116. The average Bonchev–Trinajstić information content (AvgIpc) is 3.08. The Morgan fingerprint density at radius 2 is 2.15 bits per heavy atom. The number of anilines is 1. The minimum atomic E-state index is -0.0462. The highest BCUT2D eigenvalue weighted by Gasteiger charge is 2.12. The van der Waals surface area contributed by atoms with Crippen molar-refractivity contribution in [2.45, 2.75) is 40.0 Å². The number of rotatable bonds is 7. The summed E-state index contributed by atoms with van der Waals surface area (Å²) in [5.41, 5.74) is 3.61. The molecule has 0 aliphatic heterocycles. The fraction of sp³-hybridized carbons (Fsp3) is 0.368. The van der Waals surface area contributed by atoms with Gasteiger partial charge in [-0.3, -0.25) is 4.79 Å². The number of hydrogen-bond donors (Lipinski definition) is 1. The molecule has 26 heavy (non-hydrogen) atoms. The molecule has 0 saturated heterocycles. The first-order chi connectivity index (χ1) is 12.6. The fourth-order valence-electron chi connectivity index (χ4n) is 2.86. The molecule has 136 valence electrons. The molecule has 7 nitrogen and oxygen atoms in total. The highest BCUT2D eigenvalue weighted by atomic mass is 16.5. The SMILES string of the molecule is CCCOc1cccc(NC(=O)CCc2c(C)nc3ncnn3c2C)c1. The van der Waals surface area contributed by atoms with Crippen molar-refractivity contribution in [2.24, 2.45) is 0 Å². The van der Waals surface area contributed by atoms with E-state index in [1.807, 2.05) is 38.1 Å². The monoisotopic (exact) mass is 353 g/mol. The van der Waals surface area contributed by atoms with Crippen molar-refractivity contribution in [2.75, 3.05) is 11.9 Å². The molecule has 2 aromatic heterocycles. The molecule has 0 radical (unpaired) electrons. The lowest BCUT2D eigenvalue weighted by Crippen LogP contribution is -2.14. The van der Waals surface area contributed by atoms with Crippen molar-refractivity contribution in [3.05, 3.63) is 47.5 Å². The number of aromatic nitrogens is 4. The smallest absolute Gasteiger partial charge is 0.252 e. The van der Waals surface area contributed by atoms with Crippen LogP contribution in [0.4, 0.5) is 5.69 Å². The van der Waals surface area contributed by atoms with Crippen LogP contribution in [-0.2, 0) is 11.2 Å². The van der Waals surface area contributed by atoms with Gasteiger partial charge in [0, 0.05) is 29.6 Å². The summed E-state index contributed by atoms with van der Waals surface area (Å²) in [7, 11) is 0. The predicted octanol–water partition coefficient (Wildman–Crippen LogP) is 3.10. The van der Waals surface area contributed by atoms with Crippen molar-refractivity contribution in [1.82, 2.24) is 19.6 Å². The Morgan fingerprint density at radius 3 is 2.96 bits per heavy atom. The van der Waals surface area contributed by atoms with Crippen LogP contribution in [0.5, 0.6) is 5.75 Å². The van der Waals surface area contributed by atoms with Crippen LogP contribution in [0.1, 0.15) is 36.7 Å². The van der Waals surface area contributed by atoms with E-state index in [1.54, 1.807) is 4.52 Å². The zero-order chi connectivity index (χ0) is 18.5. The second-order valence-corrected chi connectivity index (χ2v) is 6.16. The quantitative estimate of drug-likeness (QED) is 0.706. The van der Waals surface area contributed by atoms with E-state index in [9.17, 15) is 4.79 Å². The molecule has 0 fully saturated rings. The average molecular weight is 353 g/mol. The summed E-state index contributed by atoms with van der Waals surface area (Å²) in [6.07, 6.45) is 3.39. The van der Waals surface area contributed by atoms with Crippen molar-refractivity contribution in [3.63, 3.8) is 0 Å². The number of nitrogens with zero attached hydrogens (tertiary/aromatic N) is 4. The summed E-state index contributed by atoms with van der Waals surface area (Å²) in [5.74, 6) is 1.30. The van der Waals surface area contributed by atoms with Crippen LogP contribution in [-0.4, -0.2) is 32.1 Å².